The van der Waals surface area contributed by atoms with Gasteiger partial charge in [0.1, 0.15) is 0 Å². The summed E-state index contributed by atoms with van der Waals surface area (Å²) in [4.78, 5) is 24.0. The fraction of sp³-hybridized carbons (Fsp3) is 0.591. The van der Waals surface area contributed by atoms with Crippen LogP contribution in [0, 0.1) is 11.8 Å². The summed E-state index contributed by atoms with van der Waals surface area (Å²) in [6.07, 6.45) is 11.8. The van der Waals surface area contributed by atoms with E-state index in [0.29, 0.717) is 17.7 Å². The predicted octanol–water partition coefficient (Wildman–Crippen LogP) is 3.19. The van der Waals surface area contributed by atoms with Crippen molar-refractivity contribution in [1.29, 1.82) is 0 Å². The Labute approximate surface area is 161 Å². The lowest BCUT2D eigenvalue weighted by Crippen LogP contribution is -2.37. The predicted molar refractivity (Wildman–Crippen MR) is 107 cm³/mol. The fourth-order valence-electron chi connectivity index (χ4n) is 4.63. The van der Waals surface area contributed by atoms with Crippen molar-refractivity contribution < 1.29 is 4.79 Å². The summed E-state index contributed by atoms with van der Waals surface area (Å²) in [5.41, 5.74) is 3.17. The van der Waals surface area contributed by atoms with Gasteiger partial charge in [0.15, 0.2) is 0 Å². The second kappa shape index (κ2) is 8.79. The van der Waals surface area contributed by atoms with E-state index in [4.69, 9.17) is 0 Å². The van der Waals surface area contributed by atoms with Crippen LogP contribution in [0.4, 0.5) is 0 Å². The number of hydrogen-bond donors (Lipinski definition) is 1. The van der Waals surface area contributed by atoms with Crippen LogP contribution in [0.1, 0.15) is 44.1 Å². The summed E-state index contributed by atoms with van der Waals surface area (Å²) in [5.74, 6) is 1.37. The largest absolute Gasteiger partial charge is 0.341 e. The topological polar surface area (TPSA) is 58.1 Å². The van der Waals surface area contributed by atoms with E-state index in [2.05, 4.69) is 26.3 Å². The zero-order valence-electron chi connectivity index (χ0n) is 16.1. The highest BCUT2D eigenvalue weighted by Crippen LogP contribution is 2.27. The molecule has 0 radical (unpaired) electrons. The molecular formula is C22H30N4O. The number of hydrogen-bond acceptors (Lipinski definition) is 4. The standard InChI is InChI=1S/C22H30N4O/c27-21(14-17-5-2-1-3-6-17)26-12-11-23-15-18(16-26)13-19-8-10-24-20-7-4-9-25-22(19)20/h4,7-10,17-18,23H,1-3,5-6,11-16H2. The first kappa shape index (κ1) is 18.4. The van der Waals surface area contributed by atoms with Gasteiger partial charge in [-0.3, -0.25) is 14.8 Å². The van der Waals surface area contributed by atoms with E-state index in [-0.39, 0.29) is 0 Å². The highest BCUT2D eigenvalue weighted by Gasteiger charge is 2.25. The molecule has 1 saturated heterocycles. The Kier molecular flexibility index (Phi) is 5.97. The molecule has 1 N–H and O–H groups in total. The molecular weight excluding hydrogens is 336 g/mol. The lowest BCUT2D eigenvalue weighted by molar-refractivity contribution is -0.132. The Morgan fingerprint density at radius 1 is 1.11 bits per heavy atom. The summed E-state index contributed by atoms with van der Waals surface area (Å²) in [6, 6.07) is 6.02. The molecule has 2 aromatic rings. The molecule has 1 aliphatic carbocycles. The summed E-state index contributed by atoms with van der Waals surface area (Å²) < 4.78 is 0. The van der Waals surface area contributed by atoms with E-state index in [0.717, 1.165) is 50.1 Å². The van der Waals surface area contributed by atoms with Gasteiger partial charge >= 0.3 is 0 Å². The van der Waals surface area contributed by atoms with E-state index in [1.807, 2.05) is 24.5 Å². The summed E-state index contributed by atoms with van der Waals surface area (Å²) >= 11 is 0. The maximum atomic E-state index is 12.9. The molecule has 0 aromatic carbocycles. The van der Waals surface area contributed by atoms with Crippen molar-refractivity contribution >= 4 is 16.9 Å². The molecule has 0 bridgehead atoms. The molecule has 1 aliphatic heterocycles. The average Bonchev–Trinajstić information content (AvgIpc) is 2.95. The molecule has 2 aliphatic rings. The van der Waals surface area contributed by atoms with Gasteiger partial charge in [-0.15, -0.1) is 0 Å². The number of fused-ring (bicyclic) bond motifs is 1. The van der Waals surface area contributed by atoms with Crippen LogP contribution in [0.5, 0.6) is 0 Å². The van der Waals surface area contributed by atoms with Gasteiger partial charge in [-0.1, -0.05) is 19.3 Å². The molecule has 0 spiro atoms. The third-order valence-electron chi connectivity index (χ3n) is 6.10. The van der Waals surface area contributed by atoms with Crippen molar-refractivity contribution in [3.8, 4) is 0 Å². The third-order valence-corrected chi connectivity index (χ3v) is 6.10. The monoisotopic (exact) mass is 366 g/mol. The zero-order valence-corrected chi connectivity index (χ0v) is 16.1. The molecule has 5 heteroatoms. The van der Waals surface area contributed by atoms with Crippen LogP contribution in [-0.2, 0) is 11.2 Å². The minimum absolute atomic E-state index is 0.355. The van der Waals surface area contributed by atoms with Gasteiger partial charge in [-0.05, 0) is 54.9 Å². The molecule has 4 rings (SSSR count). The van der Waals surface area contributed by atoms with Crippen LogP contribution in [0.25, 0.3) is 11.0 Å². The van der Waals surface area contributed by atoms with Crippen LogP contribution in [0.15, 0.2) is 30.6 Å². The smallest absolute Gasteiger partial charge is 0.222 e. The molecule has 1 saturated carbocycles. The quantitative estimate of drug-likeness (QED) is 0.903. The maximum absolute atomic E-state index is 12.9. The Balaban J connectivity index is 1.42. The first-order valence-electron chi connectivity index (χ1n) is 10.5. The number of aromatic nitrogens is 2. The number of nitrogens with zero attached hydrogens (tertiary/aromatic N) is 3. The lowest BCUT2D eigenvalue weighted by Gasteiger charge is -2.27. The highest BCUT2D eigenvalue weighted by atomic mass is 16.2. The van der Waals surface area contributed by atoms with E-state index >= 15 is 0 Å². The lowest BCUT2D eigenvalue weighted by atomic mass is 9.86. The molecule has 27 heavy (non-hydrogen) atoms. The van der Waals surface area contributed by atoms with Crippen molar-refractivity contribution in [3.05, 3.63) is 36.2 Å². The second-order valence-corrected chi connectivity index (χ2v) is 8.16. The van der Waals surface area contributed by atoms with Gasteiger partial charge in [0, 0.05) is 45.0 Å². The van der Waals surface area contributed by atoms with E-state index in [1.54, 1.807) is 0 Å². The zero-order chi connectivity index (χ0) is 18.5. The average molecular weight is 367 g/mol. The highest BCUT2D eigenvalue weighted by molar-refractivity contribution is 5.77. The van der Waals surface area contributed by atoms with Crippen LogP contribution in [0.3, 0.4) is 0 Å². The second-order valence-electron chi connectivity index (χ2n) is 8.16. The number of rotatable bonds is 4. The van der Waals surface area contributed by atoms with Crippen molar-refractivity contribution in [3.63, 3.8) is 0 Å². The van der Waals surface area contributed by atoms with Crippen molar-refractivity contribution in [2.24, 2.45) is 11.8 Å². The first-order valence-corrected chi connectivity index (χ1v) is 10.5. The fourth-order valence-corrected chi connectivity index (χ4v) is 4.63. The van der Waals surface area contributed by atoms with Crippen molar-refractivity contribution in [1.82, 2.24) is 20.2 Å². The third kappa shape index (κ3) is 4.64. The Morgan fingerprint density at radius 3 is 2.89 bits per heavy atom. The van der Waals surface area contributed by atoms with E-state index in [9.17, 15) is 4.79 Å². The SMILES string of the molecule is O=C(CC1CCCCC1)N1CCNCC(Cc2ccnc3cccnc23)C1. The number of carbonyl (C=O) groups is 1. The molecule has 2 fully saturated rings. The Hall–Kier alpha value is -2.01. The number of nitrogens with one attached hydrogen (secondary N) is 1. The van der Waals surface area contributed by atoms with Crippen LogP contribution in [-0.4, -0.2) is 47.0 Å². The van der Waals surface area contributed by atoms with Gasteiger partial charge in [-0.2, -0.15) is 0 Å². The van der Waals surface area contributed by atoms with Crippen LogP contribution in [0.2, 0.25) is 0 Å². The molecule has 5 nitrogen and oxygen atoms in total. The molecule has 1 unspecified atom stereocenters. The van der Waals surface area contributed by atoms with E-state index in [1.165, 1.54) is 37.7 Å². The van der Waals surface area contributed by atoms with E-state index < -0.39 is 0 Å². The van der Waals surface area contributed by atoms with Gasteiger partial charge in [0.05, 0.1) is 11.0 Å². The normalized spacial score (nSPS) is 21.9. The first-order chi connectivity index (χ1) is 13.3. The Morgan fingerprint density at radius 2 is 2.00 bits per heavy atom. The van der Waals surface area contributed by atoms with Crippen molar-refractivity contribution in [2.45, 2.75) is 44.9 Å². The molecule has 144 valence electrons. The summed E-state index contributed by atoms with van der Waals surface area (Å²) in [6.45, 7) is 3.51. The summed E-state index contributed by atoms with van der Waals surface area (Å²) in [5, 5.41) is 3.52. The molecule has 1 atom stereocenters. The maximum Gasteiger partial charge on any atom is 0.222 e. The minimum Gasteiger partial charge on any atom is -0.341 e. The molecule has 3 heterocycles. The van der Waals surface area contributed by atoms with Crippen molar-refractivity contribution in [2.75, 3.05) is 26.2 Å². The molecule has 2 aromatic heterocycles. The van der Waals surface area contributed by atoms with Crippen LogP contribution >= 0.6 is 0 Å². The van der Waals surface area contributed by atoms with Crippen LogP contribution < -0.4 is 5.32 Å². The van der Waals surface area contributed by atoms with Gasteiger partial charge < -0.3 is 10.2 Å². The van der Waals surface area contributed by atoms with Gasteiger partial charge in [-0.25, -0.2) is 0 Å². The van der Waals surface area contributed by atoms with Gasteiger partial charge in [0.2, 0.25) is 5.91 Å². The Bertz CT molecular complexity index is 767. The number of pyridine rings is 2. The minimum atomic E-state index is 0.355. The number of amides is 1. The van der Waals surface area contributed by atoms with Gasteiger partial charge in [0.25, 0.3) is 0 Å². The molecule has 1 amide bonds. The number of carbonyl (C=O) groups excluding carboxylic acids is 1. The summed E-state index contributed by atoms with van der Waals surface area (Å²) in [7, 11) is 0.